The van der Waals surface area contributed by atoms with Crippen LogP contribution in [0.3, 0.4) is 0 Å². The molecule has 0 unspecified atom stereocenters. The van der Waals surface area contributed by atoms with Crippen molar-refractivity contribution in [3.05, 3.63) is 29.8 Å². The quantitative estimate of drug-likeness (QED) is 0.899. The Labute approximate surface area is 135 Å². The van der Waals surface area contributed by atoms with Crippen molar-refractivity contribution in [3.8, 4) is 5.75 Å². The van der Waals surface area contributed by atoms with Crippen LogP contribution in [-0.4, -0.2) is 37.7 Å². The van der Waals surface area contributed by atoms with Crippen LogP contribution in [0.5, 0.6) is 5.75 Å². The number of piperazine rings is 1. The minimum atomic E-state index is 0.533. The molecule has 22 heavy (non-hydrogen) atoms. The van der Waals surface area contributed by atoms with Gasteiger partial charge in [-0.3, -0.25) is 4.90 Å². The van der Waals surface area contributed by atoms with Gasteiger partial charge in [0.1, 0.15) is 5.75 Å². The minimum Gasteiger partial charge on any atom is -0.494 e. The van der Waals surface area contributed by atoms with Gasteiger partial charge < -0.3 is 10.1 Å². The third-order valence-electron chi connectivity index (χ3n) is 5.18. The van der Waals surface area contributed by atoms with Crippen molar-refractivity contribution in [2.75, 3.05) is 32.8 Å². The molecule has 1 aliphatic carbocycles. The van der Waals surface area contributed by atoms with Gasteiger partial charge in [-0.15, -0.1) is 0 Å². The molecule has 2 fully saturated rings. The molecule has 1 aromatic carbocycles. The summed E-state index contributed by atoms with van der Waals surface area (Å²) in [6, 6.07) is 9.26. The van der Waals surface area contributed by atoms with Crippen LogP contribution in [0.4, 0.5) is 0 Å². The lowest BCUT2D eigenvalue weighted by molar-refractivity contribution is 0.101. The zero-order valence-corrected chi connectivity index (χ0v) is 13.9. The monoisotopic (exact) mass is 302 g/mol. The molecule has 1 saturated carbocycles. The molecule has 0 spiro atoms. The van der Waals surface area contributed by atoms with Crippen molar-refractivity contribution in [1.82, 2.24) is 10.2 Å². The van der Waals surface area contributed by atoms with E-state index in [0.29, 0.717) is 6.04 Å². The molecule has 1 heterocycles. The summed E-state index contributed by atoms with van der Waals surface area (Å²) in [7, 11) is 0. The van der Waals surface area contributed by atoms with Crippen LogP contribution in [0.2, 0.25) is 0 Å². The van der Waals surface area contributed by atoms with E-state index in [1.54, 1.807) is 0 Å². The van der Waals surface area contributed by atoms with E-state index in [2.05, 4.69) is 41.4 Å². The van der Waals surface area contributed by atoms with Gasteiger partial charge in [0.25, 0.3) is 0 Å². The molecule has 1 aromatic rings. The molecule has 2 aliphatic rings. The van der Waals surface area contributed by atoms with Gasteiger partial charge in [-0.05, 0) is 31.7 Å². The molecule has 0 aromatic heterocycles. The second-order valence-electron chi connectivity index (χ2n) is 6.60. The molecule has 1 aliphatic heterocycles. The third-order valence-corrected chi connectivity index (χ3v) is 5.18. The molecule has 1 saturated heterocycles. The summed E-state index contributed by atoms with van der Waals surface area (Å²) < 4.78 is 5.96. The Morgan fingerprint density at radius 1 is 1.14 bits per heavy atom. The van der Waals surface area contributed by atoms with Gasteiger partial charge in [0.05, 0.1) is 6.61 Å². The number of nitrogens with one attached hydrogen (secondary N) is 1. The number of nitrogens with zero attached hydrogens (tertiary/aromatic N) is 1. The largest absolute Gasteiger partial charge is 0.494 e. The van der Waals surface area contributed by atoms with Crippen LogP contribution in [0.25, 0.3) is 0 Å². The van der Waals surface area contributed by atoms with Gasteiger partial charge in [0, 0.05) is 37.8 Å². The number of hydrogen-bond donors (Lipinski definition) is 1. The van der Waals surface area contributed by atoms with E-state index in [1.807, 2.05) is 0 Å². The zero-order chi connectivity index (χ0) is 15.2. The van der Waals surface area contributed by atoms with Gasteiger partial charge in [-0.25, -0.2) is 0 Å². The number of hydrogen-bond acceptors (Lipinski definition) is 3. The molecule has 1 N–H and O–H groups in total. The molecule has 3 heteroatoms. The van der Waals surface area contributed by atoms with E-state index in [0.717, 1.165) is 44.5 Å². The molecule has 122 valence electrons. The fraction of sp³-hybridized carbons (Fsp3) is 0.684. The van der Waals surface area contributed by atoms with Gasteiger partial charge in [-0.2, -0.15) is 0 Å². The van der Waals surface area contributed by atoms with E-state index < -0.39 is 0 Å². The maximum Gasteiger partial charge on any atom is 0.124 e. The highest BCUT2D eigenvalue weighted by atomic mass is 16.5. The maximum absolute atomic E-state index is 5.96. The predicted octanol–water partition coefficient (Wildman–Crippen LogP) is 3.61. The second kappa shape index (κ2) is 7.98. The summed E-state index contributed by atoms with van der Waals surface area (Å²) in [5, 5.41) is 3.49. The SMILES string of the molecule is CCOc1ccccc1[C@@H](C1CCCCC1)N1CCNCC1. The number of ether oxygens (including phenoxy) is 1. The lowest BCUT2D eigenvalue weighted by Crippen LogP contribution is -2.47. The van der Waals surface area contributed by atoms with Gasteiger partial charge >= 0.3 is 0 Å². The van der Waals surface area contributed by atoms with Crippen LogP contribution in [0, 0.1) is 5.92 Å². The van der Waals surface area contributed by atoms with E-state index in [-0.39, 0.29) is 0 Å². The summed E-state index contributed by atoms with van der Waals surface area (Å²) in [6.07, 6.45) is 6.94. The highest BCUT2D eigenvalue weighted by Gasteiger charge is 2.32. The summed E-state index contributed by atoms with van der Waals surface area (Å²) in [4.78, 5) is 2.70. The second-order valence-corrected chi connectivity index (χ2v) is 6.60. The third kappa shape index (κ3) is 3.64. The van der Waals surface area contributed by atoms with Crippen molar-refractivity contribution in [2.24, 2.45) is 5.92 Å². The Balaban J connectivity index is 1.89. The Hall–Kier alpha value is -1.06. The fourth-order valence-corrected chi connectivity index (χ4v) is 4.17. The first-order valence-electron chi connectivity index (χ1n) is 9.06. The average molecular weight is 302 g/mol. The topological polar surface area (TPSA) is 24.5 Å². The van der Waals surface area contributed by atoms with E-state index in [1.165, 1.54) is 37.7 Å². The van der Waals surface area contributed by atoms with Crippen molar-refractivity contribution in [3.63, 3.8) is 0 Å². The first kappa shape index (κ1) is 15.8. The standard InChI is InChI=1S/C19H30N2O/c1-2-22-18-11-7-6-10-17(18)19(16-8-4-3-5-9-16)21-14-12-20-13-15-21/h6-7,10-11,16,19-20H,2-5,8-9,12-15H2,1H3/t19-/m1/s1. The van der Waals surface area contributed by atoms with Crippen molar-refractivity contribution in [2.45, 2.75) is 45.1 Å². The molecule has 0 bridgehead atoms. The molecular weight excluding hydrogens is 272 g/mol. The summed E-state index contributed by atoms with van der Waals surface area (Å²) in [5.41, 5.74) is 1.41. The zero-order valence-electron chi connectivity index (χ0n) is 13.9. The van der Waals surface area contributed by atoms with E-state index in [4.69, 9.17) is 4.74 Å². The van der Waals surface area contributed by atoms with E-state index in [9.17, 15) is 0 Å². The summed E-state index contributed by atoms with van der Waals surface area (Å²) in [6.45, 7) is 7.36. The smallest absolute Gasteiger partial charge is 0.124 e. The van der Waals surface area contributed by atoms with Crippen molar-refractivity contribution < 1.29 is 4.74 Å². The van der Waals surface area contributed by atoms with Gasteiger partial charge in [0.15, 0.2) is 0 Å². The molecule has 3 nitrogen and oxygen atoms in total. The maximum atomic E-state index is 5.96. The lowest BCUT2D eigenvalue weighted by atomic mass is 9.80. The van der Waals surface area contributed by atoms with Crippen LogP contribution in [0.1, 0.15) is 50.6 Å². The first-order chi connectivity index (χ1) is 10.9. The highest BCUT2D eigenvalue weighted by Crippen LogP contribution is 2.41. The number of benzene rings is 1. The summed E-state index contributed by atoms with van der Waals surface area (Å²) >= 11 is 0. The molecular formula is C19H30N2O. The number of rotatable bonds is 5. The molecule has 3 rings (SSSR count). The first-order valence-corrected chi connectivity index (χ1v) is 9.06. The lowest BCUT2D eigenvalue weighted by Gasteiger charge is -2.41. The van der Waals surface area contributed by atoms with Crippen molar-refractivity contribution in [1.29, 1.82) is 0 Å². The predicted molar refractivity (Wildman–Crippen MR) is 91.4 cm³/mol. The minimum absolute atomic E-state index is 0.533. The normalized spacial score (nSPS) is 22.4. The van der Waals surface area contributed by atoms with Crippen LogP contribution in [-0.2, 0) is 0 Å². The van der Waals surface area contributed by atoms with Crippen LogP contribution in [0.15, 0.2) is 24.3 Å². The van der Waals surface area contributed by atoms with E-state index >= 15 is 0 Å². The Kier molecular flexibility index (Phi) is 5.74. The Bertz CT molecular complexity index is 433. The average Bonchev–Trinajstić information content (AvgIpc) is 2.59. The fourth-order valence-electron chi connectivity index (χ4n) is 4.17. The van der Waals surface area contributed by atoms with Crippen molar-refractivity contribution >= 4 is 0 Å². The van der Waals surface area contributed by atoms with Gasteiger partial charge in [0.2, 0.25) is 0 Å². The molecule has 1 atom stereocenters. The van der Waals surface area contributed by atoms with Crippen LogP contribution < -0.4 is 10.1 Å². The van der Waals surface area contributed by atoms with Gasteiger partial charge in [-0.1, -0.05) is 37.5 Å². The molecule has 0 radical (unpaired) electrons. The Morgan fingerprint density at radius 3 is 2.59 bits per heavy atom. The number of para-hydroxylation sites is 1. The highest BCUT2D eigenvalue weighted by molar-refractivity contribution is 5.36. The van der Waals surface area contributed by atoms with Crippen LogP contribution >= 0.6 is 0 Å². The summed E-state index contributed by atoms with van der Waals surface area (Å²) in [5.74, 6) is 1.88. The Morgan fingerprint density at radius 2 is 1.86 bits per heavy atom. The molecule has 0 amide bonds.